The van der Waals surface area contributed by atoms with E-state index in [0.29, 0.717) is 23.3 Å². The van der Waals surface area contributed by atoms with E-state index in [4.69, 9.17) is 28.3 Å². The summed E-state index contributed by atoms with van der Waals surface area (Å²) >= 11 is 11.9. The van der Waals surface area contributed by atoms with Crippen LogP contribution in [-0.4, -0.2) is 33.8 Å². The Labute approximate surface area is 139 Å². The number of nitrogens with zero attached hydrogens (tertiary/aromatic N) is 2. The van der Waals surface area contributed by atoms with Crippen molar-refractivity contribution in [2.24, 2.45) is 5.41 Å². The average Bonchev–Trinajstić information content (AvgIpc) is 2.35. The first-order chi connectivity index (χ1) is 10.2. The van der Waals surface area contributed by atoms with Crippen LogP contribution in [0.3, 0.4) is 0 Å². The molecule has 2 rings (SSSR count). The van der Waals surface area contributed by atoms with Gasteiger partial charge in [0.1, 0.15) is 10.3 Å². The Morgan fingerprint density at radius 2 is 1.95 bits per heavy atom. The number of rotatable bonds is 2. The maximum absolute atomic E-state index is 11.0. The minimum Gasteiger partial charge on any atom is -0.464 e. The van der Waals surface area contributed by atoms with Crippen LogP contribution < -0.4 is 5.43 Å². The molecule has 1 atom stereocenters. The molecule has 0 saturated heterocycles. The fourth-order valence-electron chi connectivity index (χ4n) is 2.60. The van der Waals surface area contributed by atoms with Gasteiger partial charge in [0.25, 0.3) is 0 Å². The number of hydrogen-bond acceptors (Lipinski definition) is 3. The summed E-state index contributed by atoms with van der Waals surface area (Å²) in [6.45, 7) is 6.79. The number of pyridine rings is 1. The minimum atomic E-state index is -1.05. The van der Waals surface area contributed by atoms with E-state index >= 15 is 0 Å². The number of carboxylic acid groups (broad SMARTS) is 1. The van der Waals surface area contributed by atoms with Gasteiger partial charge in [0.15, 0.2) is 0 Å². The van der Waals surface area contributed by atoms with Gasteiger partial charge < -0.3 is 5.11 Å². The van der Waals surface area contributed by atoms with Gasteiger partial charge in [-0.05, 0) is 35.1 Å². The molecule has 7 heteroatoms. The Morgan fingerprint density at radius 1 is 1.36 bits per heavy atom. The van der Waals surface area contributed by atoms with Crippen LogP contribution in [0.1, 0.15) is 32.8 Å². The van der Waals surface area contributed by atoms with Crippen molar-refractivity contribution < 1.29 is 9.90 Å². The van der Waals surface area contributed by atoms with Gasteiger partial charge in [-0.25, -0.2) is 14.8 Å². The van der Waals surface area contributed by atoms with E-state index in [1.54, 1.807) is 17.1 Å². The highest BCUT2D eigenvalue weighted by Crippen LogP contribution is 2.34. The van der Waals surface area contributed by atoms with Crippen molar-refractivity contribution >= 4 is 34.9 Å². The van der Waals surface area contributed by atoms with Gasteiger partial charge >= 0.3 is 6.09 Å². The predicted molar refractivity (Wildman–Crippen MR) is 88.0 cm³/mol. The number of halogens is 2. The van der Waals surface area contributed by atoms with E-state index in [1.807, 2.05) is 0 Å². The van der Waals surface area contributed by atoms with Gasteiger partial charge in [0.2, 0.25) is 0 Å². The highest BCUT2D eigenvalue weighted by atomic mass is 35.5. The lowest BCUT2D eigenvalue weighted by Crippen LogP contribution is -2.54. The first-order valence-corrected chi connectivity index (χ1v) is 7.73. The van der Waals surface area contributed by atoms with Crippen LogP contribution in [0.4, 0.5) is 4.79 Å². The van der Waals surface area contributed by atoms with Crippen molar-refractivity contribution in [2.45, 2.75) is 33.2 Å². The van der Waals surface area contributed by atoms with E-state index < -0.39 is 6.09 Å². The molecule has 22 heavy (non-hydrogen) atoms. The fourth-order valence-corrected chi connectivity index (χ4v) is 3.06. The fraction of sp³-hybridized carbons (Fsp3) is 0.467. The largest absolute Gasteiger partial charge is 0.464 e. The van der Waals surface area contributed by atoms with Crippen molar-refractivity contribution in [1.29, 1.82) is 0 Å². The number of amides is 1. The lowest BCUT2D eigenvalue weighted by Gasteiger charge is -2.41. The zero-order valence-electron chi connectivity index (χ0n) is 12.7. The number of carbonyl (C=O) groups is 1. The van der Waals surface area contributed by atoms with E-state index in [0.717, 1.165) is 11.1 Å². The summed E-state index contributed by atoms with van der Waals surface area (Å²) in [5, 5.41) is 11.4. The summed E-state index contributed by atoms with van der Waals surface area (Å²) in [4.78, 5) is 14.9. The van der Waals surface area contributed by atoms with Gasteiger partial charge in [-0.3, -0.25) is 5.43 Å². The molecule has 0 aromatic carbocycles. The maximum atomic E-state index is 11.0. The third-order valence-electron chi connectivity index (χ3n) is 3.58. The molecule has 1 aliphatic heterocycles. The average molecular weight is 344 g/mol. The van der Waals surface area contributed by atoms with Crippen LogP contribution in [0.25, 0.3) is 5.57 Å². The standard InChI is InChI=1S/C15H19Cl2N3O2/c1-15(2,3)11-6-9(4-5-20(11)19-14(21)22)10-7-12(16)18-13(17)8-10/h6-8,11,19H,4-5H2,1-3H3,(H,21,22). The molecule has 2 heterocycles. The molecule has 0 saturated carbocycles. The predicted octanol–water partition coefficient (Wildman–Crippen LogP) is 4.07. The SMILES string of the molecule is CC(C)(C)C1C=C(c2cc(Cl)nc(Cl)c2)CCN1NC(=O)O. The molecular formula is C15H19Cl2N3O2. The van der Waals surface area contributed by atoms with Crippen molar-refractivity contribution in [3.63, 3.8) is 0 Å². The highest BCUT2D eigenvalue weighted by Gasteiger charge is 2.33. The first kappa shape index (κ1) is 17.1. The number of aromatic nitrogens is 1. The highest BCUT2D eigenvalue weighted by molar-refractivity contribution is 6.32. The summed E-state index contributed by atoms with van der Waals surface area (Å²) < 4.78 is 0. The number of nitrogens with one attached hydrogen (secondary N) is 1. The molecule has 2 N–H and O–H groups in total. The quantitative estimate of drug-likeness (QED) is 0.794. The van der Waals surface area contributed by atoms with Gasteiger partial charge in [0, 0.05) is 6.54 Å². The van der Waals surface area contributed by atoms with Crippen LogP contribution in [0.15, 0.2) is 18.2 Å². The lowest BCUT2D eigenvalue weighted by atomic mass is 9.82. The molecule has 1 aromatic rings. The third-order valence-corrected chi connectivity index (χ3v) is 3.96. The number of hydrogen-bond donors (Lipinski definition) is 2. The third kappa shape index (κ3) is 4.12. The Morgan fingerprint density at radius 3 is 2.45 bits per heavy atom. The van der Waals surface area contributed by atoms with Crippen LogP contribution in [0.2, 0.25) is 10.3 Å². The second-order valence-electron chi connectivity index (χ2n) is 6.36. The minimum absolute atomic E-state index is 0.0712. The normalized spacial score (nSPS) is 19.7. The van der Waals surface area contributed by atoms with Gasteiger partial charge in [-0.2, -0.15) is 0 Å². The van der Waals surface area contributed by atoms with Crippen LogP contribution in [0.5, 0.6) is 0 Å². The van der Waals surface area contributed by atoms with Gasteiger partial charge in [-0.15, -0.1) is 0 Å². The molecule has 0 aliphatic carbocycles. The van der Waals surface area contributed by atoms with E-state index in [1.165, 1.54) is 0 Å². The second kappa shape index (κ2) is 6.44. The van der Waals surface area contributed by atoms with Crippen LogP contribution >= 0.6 is 23.2 Å². The summed E-state index contributed by atoms with van der Waals surface area (Å²) in [6, 6.07) is 3.48. The van der Waals surface area contributed by atoms with Gasteiger partial charge in [-0.1, -0.05) is 50.0 Å². The zero-order chi connectivity index (χ0) is 16.5. The molecule has 1 amide bonds. The summed E-state index contributed by atoms with van der Waals surface area (Å²) in [5.74, 6) is 0. The van der Waals surface area contributed by atoms with E-state index in [2.05, 4.69) is 37.3 Å². The van der Waals surface area contributed by atoms with E-state index in [-0.39, 0.29) is 11.5 Å². The Balaban J connectivity index is 2.37. The molecule has 5 nitrogen and oxygen atoms in total. The molecule has 0 radical (unpaired) electrons. The molecule has 0 fully saturated rings. The molecule has 1 aromatic heterocycles. The molecule has 1 unspecified atom stereocenters. The number of hydrazine groups is 1. The summed E-state index contributed by atoms with van der Waals surface area (Å²) in [5.41, 5.74) is 4.36. The molecule has 0 bridgehead atoms. The smallest absolute Gasteiger partial charge is 0.419 e. The Hall–Kier alpha value is -1.30. The topological polar surface area (TPSA) is 65.5 Å². The van der Waals surface area contributed by atoms with Crippen LogP contribution in [0, 0.1) is 5.41 Å². The van der Waals surface area contributed by atoms with E-state index in [9.17, 15) is 4.79 Å². The maximum Gasteiger partial charge on any atom is 0.419 e. The van der Waals surface area contributed by atoms with Gasteiger partial charge in [0.05, 0.1) is 6.04 Å². The molecule has 120 valence electrons. The molecular weight excluding hydrogens is 325 g/mol. The molecule has 0 spiro atoms. The summed E-state index contributed by atoms with van der Waals surface area (Å²) in [7, 11) is 0. The Bertz CT molecular complexity index is 591. The van der Waals surface area contributed by atoms with Crippen molar-refractivity contribution in [1.82, 2.24) is 15.4 Å². The van der Waals surface area contributed by atoms with Crippen molar-refractivity contribution in [2.75, 3.05) is 6.54 Å². The lowest BCUT2D eigenvalue weighted by molar-refractivity contribution is 0.0728. The zero-order valence-corrected chi connectivity index (χ0v) is 14.2. The first-order valence-electron chi connectivity index (χ1n) is 6.97. The van der Waals surface area contributed by atoms with Crippen LogP contribution in [-0.2, 0) is 0 Å². The van der Waals surface area contributed by atoms with Crippen molar-refractivity contribution in [3.05, 3.63) is 34.1 Å². The monoisotopic (exact) mass is 343 g/mol. The summed E-state index contributed by atoms with van der Waals surface area (Å²) in [6.07, 6.45) is 1.71. The molecule has 1 aliphatic rings. The Kier molecular flexibility index (Phi) is 5.00. The second-order valence-corrected chi connectivity index (χ2v) is 7.14. The van der Waals surface area contributed by atoms with Crippen molar-refractivity contribution in [3.8, 4) is 0 Å².